The van der Waals surface area contributed by atoms with Crippen LogP contribution >= 0.6 is 0 Å². The fourth-order valence-electron chi connectivity index (χ4n) is 5.42. The first-order valence-corrected chi connectivity index (χ1v) is 18.9. The van der Waals surface area contributed by atoms with Crippen LogP contribution in [-0.4, -0.2) is 88.4 Å². The third-order valence-electron chi connectivity index (χ3n) is 8.21. The van der Waals surface area contributed by atoms with Crippen LogP contribution in [0.3, 0.4) is 0 Å². The van der Waals surface area contributed by atoms with E-state index in [1.54, 1.807) is 32.0 Å². The number of benzene rings is 1. The highest BCUT2D eigenvalue weighted by molar-refractivity contribution is 5.98. The molecule has 290 valence electrons. The molecule has 1 aromatic carbocycles. The minimum Gasteiger partial charge on any atom is -0.493 e. The molecule has 0 radical (unpaired) electrons. The zero-order valence-corrected chi connectivity index (χ0v) is 31.6. The highest BCUT2D eigenvalue weighted by atomic mass is 16.5. The van der Waals surface area contributed by atoms with Crippen LogP contribution in [0.5, 0.6) is 11.5 Å². The van der Waals surface area contributed by atoms with Gasteiger partial charge in [0.25, 0.3) is 5.91 Å². The molecule has 0 bridgehead atoms. The van der Waals surface area contributed by atoms with Crippen molar-refractivity contribution in [2.24, 2.45) is 0 Å². The van der Waals surface area contributed by atoms with Crippen LogP contribution in [0.4, 0.5) is 0 Å². The number of unbranched alkanes of at least 4 members (excludes halogenated alkanes) is 14. The molecule has 0 N–H and O–H groups in total. The molecule has 0 aliphatic rings. The Morgan fingerprint density at radius 3 is 1.20 bits per heavy atom. The molecular weight excluding hydrogens is 658 g/mol. The normalized spacial score (nSPS) is 10.7. The number of methoxy groups -OCH3 is 2. The van der Waals surface area contributed by atoms with Gasteiger partial charge in [-0.2, -0.15) is 0 Å². The Labute approximate surface area is 305 Å². The summed E-state index contributed by atoms with van der Waals surface area (Å²) in [5, 5.41) is 0. The topological polar surface area (TPSA) is 144 Å². The van der Waals surface area contributed by atoms with E-state index in [1.807, 2.05) is 0 Å². The minimum absolute atomic E-state index is 0.148. The van der Waals surface area contributed by atoms with Crippen molar-refractivity contribution in [3.05, 3.63) is 23.8 Å². The van der Waals surface area contributed by atoms with Gasteiger partial charge in [0.05, 0.1) is 40.6 Å². The number of amides is 1. The zero-order chi connectivity index (χ0) is 37.5. The van der Waals surface area contributed by atoms with Gasteiger partial charge in [-0.05, 0) is 51.7 Å². The Morgan fingerprint density at radius 2 is 0.843 bits per heavy atom. The second-order valence-electron chi connectivity index (χ2n) is 12.5. The second-order valence-corrected chi connectivity index (χ2v) is 12.5. The highest BCUT2D eigenvalue weighted by Crippen LogP contribution is 2.25. The van der Waals surface area contributed by atoms with Crippen LogP contribution in [0, 0.1) is 0 Å². The lowest BCUT2D eigenvalue weighted by molar-refractivity contribution is -0.147. The predicted molar refractivity (Wildman–Crippen MR) is 194 cm³/mol. The minimum atomic E-state index is -0.624. The largest absolute Gasteiger partial charge is 0.493 e. The smallest absolute Gasteiger partial charge is 0.325 e. The molecule has 0 spiro atoms. The van der Waals surface area contributed by atoms with Crippen LogP contribution in [0.2, 0.25) is 0 Å². The summed E-state index contributed by atoms with van der Waals surface area (Å²) in [6.07, 6.45) is 17.3. The molecule has 0 atom stereocenters. The summed E-state index contributed by atoms with van der Waals surface area (Å²) in [6.45, 7) is 3.78. The van der Waals surface area contributed by atoms with Gasteiger partial charge in [0.15, 0.2) is 0 Å². The summed E-state index contributed by atoms with van der Waals surface area (Å²) in [6, 6.07) is 4.98. The third kappa shape index (κ3) is 23.3. The van der Waals surface area contributed by atoms with Crippen molar-refractivity contribution in [2.45, 2.75) is 129 Å². The summed E-state index contributed by atoms with van der Waals surface area (Å²) >= 11 is 0. The van der Waals surface area contributed by atoms with Crippen LogP contribution in [0.1, 0.15) is 140 Å². The van der Waals surface area contributed by atoms with E-state index in [2.05, 4.69) is 9.47 Å². The van der Waals surface area contributed by atoms with Crippen molar-refractivity contribution >= 4 is 29.8 Å². The van der Waals surface area contributed by atoms with E-state index >= 15 is 0 Å². The second kappa shape index (κ2) is 29.9. The van der Waals surface area contributed by atoms with Gasteiger partial charge in [0.1, 0.15) is 24.6 Å². The number of esters is 4. The third-order valence-corrected chi connectivity index (χ3v) is 8.21. The van der Waals surface area contributed by atoms with E-state index in [0.29, 0.717) is 37.6 Å². The van der Waals surface area contributed by atoms with Crippen LogP contribution in [0.15, 0.2) is 18.2 Å². The van der Waals surface area contributed by atoms with Gasteiger partial charge >= 0.3 is 23.9 Å². The maximum atomic E-state index is 13.7. The molecule has 0 aliphatic carbocycles. The molecule has 0 unspecified atom stereocenters. The monoisotopic (exact) mass is 721 g/mol. The standard InChI is InChI=1S/C39H63NO11/c1-5-48-37(43)30-40(31-38(44)49-6-2)39(45)32-27-33(50-25-21-17-13-9-7-11-15-19-23-35(41)46-3)29-34(28-32)51-26-22-18-14-10-8-12-16-20-24-36(42)47-4/h27-29H,5-26,30-31H2,1-4H3. The fourth-order valence-corrected chi connectivity index (χ4v) is 5.42. The van der Waals surface area contributed by atoms with Gasteiger partial charge in [-0.3, -0.25) is 24.0 Å². The van der Waals surface area contributed by atoms with Crippen molar-refractivity contribution in [1.82, 2.24) is 4.90 Å². The van der Waals surface area contributed by atoms with Crippen LogP contribution < -0.4 is 9.47 Å². The van der Waals surface area contributed by atoms with E-state index in [4.69, 9.17) is 18.9 Å². The molecule has 0 aromatic heterocycles. The lowest BCUT2D eigenvalue weighted by Crippen LogP contribution is -2.40. The molecule has 1 amide bonds. The maximum Gasteiger partial charge on any atom is 0.325 e. The number of hydrogen-bond acceptors (Lipinski definition) is 11. The first-order chi connectivity index (χ1) is 24.7. The molecule has 12 heteroatoms. The van der Waals surface area contributed by atoms with Crippen molar-refractivity contribution in [3.8, 4) is 11.5 Å². The van der Waals surface area contributed by atoms with Gasteiger partial charge in [-0.25, -0.2) is 0 Å². The average Bonchev–Trinajstić information content (AvgIpc) is 3.12. The lowest BCUT2D eigenvalue weighted by Gasteiger charge is -2.21. The Bertz CT molecular complexity index is 1060. The summed E-state index contributed by atoms with van der Waals surface area (Å²) in [7, 11) is 2.83. The summed E-state index contributed by atoms with van der Waals surface area (Å²) < 4.78 is 31.6. The van der Waals surface area contributed by atoms with E-state index in [0.717, 1.165) is 108 Å². The summed E-state index contributed by atoms with van der Waals surface area (Å²) in [5.41, 5.74) is 0.232. The first-order valence-electron chi connectivity index (χ1n) is 18.9. The van der Waals surface area contributed by atoms with Gasteiger partial charge in [-0.1, -0.05) is 77.0 Å². The molecule has 0 fully saturated rings. The number of carbonyl (C=O) groups is 5. The maximum absolute atomic E-state index is 13.7. The van der Waals surface area contributed by atoms with Crippen molar-refractivity contribution in [2.75, 3.05) is 53.7 Å². The highest BCUT2D eigenvalue weighted by Gasteiger charge is 2.24. The first kappa shape index (κ1) is 45.2. The molecule has 0 heterocycles. The predicted octanol–water partition coefficient (Wildman–Crippen LogP) is 7.38. The fraction of sp³-hybridized carbons (Fsp3) is 0.718. The van der Waals surface area contributed by atoms with Crippen molar-refractivity contribution < 1.29 is 52.4 Å². The van der Waals surface area contributed by atoms with E-state index in [-0.39, 0.29) is 30.7 Å². The van der Waals surface area contributed by atoms with Gasteiger partial charge < -0.3 is 33.3 Å². The Morgan fingerprint density at radius 1 is 0.490 bits per heavy atom. The van der Waals surface area contributed by atoms with Gasteiger partial charge in [-0.15, -0.1) is 0 Å². The van der Waals surface area contributed by atoms with E-state index in [9.17, 15) is 24.0 Å². The Balaban J connectivity index is 2.73. The molecule has 1 aromatic rings. The number of ether oxygens (including phenoxy) is 6. The number of nitrogens with zero attached hydrogens (tertiary/aromatic N) is 1. The zero-order valence-electron chi connectivity index (χ0n) is 31.6. The molecular formula is C39H63NO11. The Kier molecular flexibility index (Phi) is 26.5. The van der Waals surface area contributed by atoms with E-state index in [1.165, 1.54) is 14.2 Å². The number of hydrogen-bond donors (Lipinski definition) is 0. The molecule has 1 rings (SSSR count). The van der Waals surface area contributed by atoms with E-state index < -0.39 is 30.9 Å². The van der Waals surface area contributed by atoms with Crippen molar-refractivity contribution in [1.29, 1.82) is 0 Å². The lowest BCUT2D eigenvalue weighted by atomic mass is 10.1. The SMILES string of the molecule is CCOC(=O)CN(CC(=O)OCC)C(=O)c1cc(OCCCCCCCCCCC(=O)OC)cc(OCCCCCCCCCCC(=O)OC)c1. The summed E-state index contributed by atoms with van der Waals surface area (Å²) in [4.78, 5) is 61.8. The van der Waals surface area contributed by atoms with Crippen LogP contribution in [0.25, 0.3) is 0 Å². The average molecular weight is 722 g/mol. The van der Waals surface area contributed by atoms with Gasteiger partial charge in [0, 0.05) is 24.5 Å². The quantitative estimate of drug-likeness (QED) is 0.0430. The van der Waals surface area contributed by atoms with Gasteiger partial charge in [0.2, 0.25) is 0 Å². The molecule has 12 nitrogen and oxygen atoms in total. The van der Waals surface area contributed by atoms with Crippen molar-refractivity contribution in [3.63, 3.8) is 0 Å². The molecule has 0 saturated heterocycles. The summed E-state index contributed by atoms with van der Waals surface area (Å²) in [5.74, 6) is -1.15. The Hall–Kier alpha value is -3.83. The van der Waals surface area contributed by atoms with Crippen LogP contribution in [-0.2, 0) is 38.1 Å². The number of rotatable bonds is 31. The molecule has 0 saturated carbocycles. The molecule has 51 heavy (non-hydrogen) atoms. The molecule has 0 aliphatic heterocycles. The number of carbonyl (C=O) groups excluding carboxylic acids is 5.